The van der Waals surface area contributed by atoms with Crippen LogP contribution in [0.4, 0.5) is 0 Å². The number of halogens is 1. The van der Waals surface area contributed by atoms with Crippen LogP contribution in [0.2, 0.25) is 0 Å². The van der Waals surface area contributed by atoms with E-state index in [0.717, 1.165) is 18.8 Å². The van der Waals surface area contributed by atoms with E-state index in [-0.39, 0.29) is 11.9 Å². The van der Waals surface area contributed by atoms with Gasteiger partial charge in [0, 0.05) is 18.3 Å². The molecule has 0 aliphatic heterocycles. The van der Waals surface area contributed by atoms with Crippen molar-refractivity contribution in [2.45, 2.75) is 51.0 Å². The highest BCUT2D eigenvalue weighted by Crippen LogP contribution is 2.28. The van der Waals surface area contributed by atoms with Crippen molar-refractivity contribution in [3.8, 4) is 0 Å². The third kappa shape index (κ3) is 5.16. The molecule has 1 saturated carbocycles. The maximum Gasteiger partial charge on any atom is 0.220 e. The van der Waals surface area contributed by atoms with E-state index in [1.54, 1.807) is 0 Å². The minimum Gasteiger partial charge on any atom is -0.352 e. The van der Waals surface area contributed by atoms with Crippen LogP contribution in [-0.4, -0.2) is 17.8 Å². The number of alkyl halides is 1. The van der Waals surface area contributed by atoms with Gasteiger partial charge in [-0.05, 0) is 24.3 Å². The Morgan fingerprint density at radius 2 is 1.95 bits per heavy atom. The molecule has 2 rings (SSSR count). The van der Waals surface area contributed by atoms with Crippen molar-refractivity contribution in [1.29, 1.82) is 0 Å². The number of carbonyl (C=O) groups is 1. The van der Waals surface area contributed by atoms with Gasteiger partial charge in [-0.3, -0.25) is 4.79 Å². The van der Waals surface area contributed by atoms with Crippen LogP contribution >= 0.6 is 11.6 Å². The van der Waals surface area contributed by atoms with Crippen LogP contribution in [0.1, 0.15) is 44.1 Å². The molecular weight excluding hydrogens is 270 g/mol. The second-order valence-corrected chi connectivity index (χ2v) is 6.11. The summed E-state index contributed by atoms with van der Waals surface area (Å²) in [6, 6.07) is 10.2. The molecule has 0 radical (unpaired) electrons. The number of hydrogen-bond donors (Lipinski definition) is 1. The van der Waals surface area contributed by atoms with Crippen LogP contribution in [0, 0.1) is 5.92 Å². The van der Waals surface area contributed by atoms with Gasteiger partial charge in [0.05, 0.1) is 0 Å². The van der Waals surface area contributed by atoms with Gasteiger partial charge in [0.25, 0.3) is 0 Å². The van der Waals surface area contributed by atoms with E-state index in [1.165, 1.54) is 31.2 Å². The average molecular weight is 294 g/mol. The van der Waals surface area contributed by atoms with Gasteiger partial charge >= 0.3 is 0 Å². The highest BCUT2D eigenvalue weighted by molar-refractivity contribution is 6.18. The van der Waals surface area contributed by atoms with Gasteiger partial charge in [-0.2, -0.15) is 0 Å². The molecule has 110 valence electrons. The largest absolute Gasteiger partial charge is 0.352 e. The lowest BCUT2D eigenvalue weighted by Gasteiger charge is -2.17. The van der Waals surface area contributed by atoms with Crippen LogP contribution in [0.3, 0.4) is 0 Å². The Kier molecular flexibility index (Phi) is 6.38. The maximum absolute atomic E-state index is 12.0. The molecule has 1 amide bonds. The molecule has 1 N–H and O–H groups in total. The molecule has 2 nitrogen and oxygen atoms in total. The molecule has 1 aromatic rings. The van der Waals surface area contributed by atoms with Crippen LogP contribution in [0.15, 0.2) is 30.3 Å². The molecule has 1 aliphatic carbocycles. The molecule has 0 bridgehead atoms. The Bertz CT molecular complexity index is 401. The van der Waals surface area contributed by atoms with Gasteiger partial charge in [-0.1, -0.05) is 56.0 Å². The number of nitrogens with one attached hydrogen (secondary N) is 1. The molecule has 0 spiro atoms. The third-order valence-electron chi connectivity index (χ3n) is 4.13. The summed E-state index contributed by atoms with van der Waals surface area (Å²) in [4.78, 5) is 12.0. The van der Waals surface area contributed by atoms with Crippen LogP contribution in [0.5, 0.6) is 0 Å². The zero-order valence-corrected chi connectivity index (χ0v) is 12.7. The summed E-state index contributed by atoms with van der Waals surface area (Å²) in [5.74, 6) is 1.38. The summed E-state index contributed by atoms with van der Waals surface area (Å²) >= 11 is 5.97. The predicted molar refractivity (Wildman–Crippen MR) is 84.0 cm³/mol. The number of rotatable bonds is 7. The highest BCUT2D eigenvalue weighted by atomic mass is 35.5. The first-order valence-corrected chi connectivity index (χ1v) is 8.20. The molecular formula is C17H24ClNO. The first-order chi connectivity index (χ1) is 9.78. The van der Waals surface area contributed by atoms with Crippen LogP contribution < -0.4 is 5.32 Å². The fourth-order valence-corrected chi connectivity index (χ4v) is 3.16. The Balaban J connectivity index is 1.72. The highest BCUT2D eigenvalue weighted by Gasteiger charge is 2.17. The molecule has 1 aromatic carbocycles. The lowest BCUT2D eigenvalue weighted by Crippen LogP contribution is -2.37. The molecule has 0 heterocycles. The Hall–Kier alpha value is -1.02. The molecule has 1 atom stereocenters. The van der Waals surface area contributed by atoms with Crippen LogP contribution in [0.25, 0.3) is 0 Å². The molecule has 1 aliphatic rings. The number of carbonyl (C=O) groups excluding carboxylic acids is 1. The minimum absolute atomic E-state index is 0.0372. The molecule has 1 unspecified atom stereocenters. The topological polar surface area (TPSA) is 29.1 Å². The van der Waals surface area contributed by atoms with Crippen molar-refractivity contribution in [2.75, 3.05) is 5.88 Å². The number of hydrogen-bond acceptors (Lipinski definition) is 1. The average Bonchev–Trinajstić information content (AvgIpc) is 2.99. The number of amides is 1. The fraction of sp³-hybridized carbons (Fsp3) is 0.588. The second kappa shape index (κ2) is 8.31. The van der Waals surface area contributed by atoms with Crippen molar-refractivity contribution in [3.63, 3.8) is 0 Å². The van der Waals surface area contributed by atoms with E-state index in [1.807, 2.05) is 18.2 Å². The van der Waals surface area contributed by atoms with Crippen molar-refractivity contribution in [1.82, 2.24) is 5.32 Å². The SMILES string of the molecule is O=C(CCC1CCCC1)NC(CCl)Cc1ccccc1. The summed E-state index contributed by atoms with van der Waals surface area (Å²) in [7, 11) is 0. The normalized spacial score (nSPS) is 17.1. The smallest absolute Gasteiger partial charge is 0.220 e. The van der Waals surface area contributed by atoms with E-state index in [9.17, 15) is 4.79 Å². The fourth-order valence-electron chi connectivity index (χ4n) is 2.98. The summed E-state index contributed by atoms with van der Waals surface area (Å²) < 4.78 is 0. The van der Waals surface area contributed by atoms with E-state index in [2.05, 4.69) is 17.4 Å². The van der Waals surface area contributed by atoms with E-state index < -0.39 is 0 Å². The van der Waals surface area contributed by atoms with E-state index in [4.69, 9.17) is 11.6 Å². The molecule has 1 fully saturated rings. The minimum atomic E-state index is 0.0372. The standard InChI is InChI=1S/C17H24ClNO/c18-13-16(12-15-8-2-1-3-9-15)19-17(20)11-10-14-6-4-5-7-14/h1-3,8-9,14,16H,4-7,10-13H2,(H,19,20). The first-order valence-electron chi connectivity index (χ1n) is 7.67. The second-order valence-electron chi connectivity index (χ2n) is 5.80. The summed E-state index contributed by atoms with van der Waals surface area (Å²) in [5.41, 5.74) is 1.22. The number of benzene rings is 1. The quantitative estimate of drug-likeness (QED) is 0.759. The van der Waals surface area contributed by atoms with E-state index >= 15 is 0 Å². The summed E-state index contributed by atoms with van der Waals surface area (Å²) in [6.45, 7) is 0. The maximum atomic E-state index is 12.0. The van der Waals surface area contributed by atoms with Crippen molar-refractivity contribution >= 4 is 17.5 Å². The summed E-state index contributed by atoms with van der Waals surface area (Å²) in [6.07, 6.45) is 7.76. The van der Waals surface area contributed by atoms with E-state index in [0.29, 0.717) is 12.3 Å². The van der Waals surface area contributed by atoms with Gasteiger partial charge in [0.15, 0.2) is 0 Å². The zero-order chi connectivity index (χ0) is 14.2. The molecule has 0 aromatic heterocycles. The van der Waals surface area contributed by atoms with Crippen LogP contribution in [-0.2, 0) is 11.2 Å². The zero-order valence-electron chi connectivity index (χ0n) is 12.0. The molecule has 20 heavy (non-hydrogen) atoms. The lowest BCUT2D eigenvalue weighted by molar-refractivity contribution is -0.121. The monoisotopic (exact) mass is 293 g/mol. The van der Waals surface area contributed by atoms with Gasteiger partial charge in [0.1, 0.15) is 0 Å². The predicted octanol–water partition coefficient (Wildman–Crippen LogP) is 3.92. The van der Waals surface area contributed by atoms with Crippen molar-refractivity contribution in [3.05, 3.63) is 35.9 Å². The first kappa shape index (κ1) is 15.4. The van der Waals surface area contributed by atoms with Gasteiger partial charge in [-0.25, -0.2) is 0 Å². The molecule has 3 heteroatoms. The summed E-state index contributed by atoms with van der Waals surface area (Å²) in [5, 5.41) is 3.07. The Morgan fingerprint density at radius 1 is 1.25 bits per heavy atom. The van der Waals surface area contributed by atoms with Crippen molar-refractivity contribution in [2.24, 2.45) is 5.92 Å². The molecule has 0 saturated heterocycles. The van der Waals surface area contributed by atoms with Gasteiger partial charge in [-0.15, -0.1) is 11.6 Å². The van der Waals surface area contributed by atoms with Gasteiger partial charge < -0.3 is 5.32 Å². The lowest BCUT2D eigenvalue weighted by atomic mass is 10.0. The van der Waals surface area contributed by atoms with Crippen molar-refractivity contribution < 1.29 is 4.79 Å². The third-order valence-corrected chi connectivity index (χ3v) is 4.50. The Labute approximate surface area is 126 Å². The Morgan fingerprint density at radius 3 is 2.60 bits per heavy atom. The van der Waals surface area contributed by atoms with Gasteiger partial charge in [0.2, 0.25) is 5.91 Å².